The average Bonchev–Trinajstić information content (AvgIpc) is 2.62. The summed E-state index contributed by atoms with van der Waals surface area (Å²) in [5, 5.41) is 4.33. The number of rotatable bonds is 3. The minimum Gasteiger partial charge on any atom is -0.325 e. The maximum absolute atomic E-state index is 6.59. The summed E-state index contributed by atoms with van der Waals surface area (Å²) >= 11 is 0. The van der Waals surface area contributed by atoms with Crippen molar-refractivity contribution in [2.45, 2.75) is 58.5 Å². The smallest absolute Gasteiger partial charge is 0.0522 e. The van der Waals surface area contributed by atoms with Gasteiger partial charge in [-0.1, -0.05) is 13.8 Å². The second-order valence-electron chi connectivity index (χ2n) is 6.10. The van der Waals surface area contributed by atoms with Crippen molar-refractivity contribution in [1.29, 1.82) is 0 Å². The number of hydrogen-bond acceptors (Lipinski definition) is 2. The molecular weight excluding hydrogens is 210 g/mol. The van der Waals surface area contributed by atoms with Crippen molar-refractivity contribution in [3.05, 3.63) is 18.0 Å². The normalized spacial score (nSPS) is 33.9. The quantitative estimate of drug-likeness (QED) is 0.875. The Kier molecular flexibility index (Phi) is 3.57. The molecule has 1 aliphatic carbocycles. The Labute approximate surface area is 104 Å². The predicted molar refractivity (Wildman–Crippen MR) is 70.7 cm³/mol. The molecule has 3 nitrogen and oxygen atoms in total. The summed E-state index contributed by atoms with van der Waals surface area (Å²) in [5.74, 6) is 1.51. The maximum Gasteiger partial charge on any atom is 0.0522 e. The summed E-state index contributed by atoms with van der Waals surface area (Å²) in [7, 11) is 0. The third-order valence-electron chi connectivity index (χ3n) is 3.88. The van der Waals surface area contributed by atoms with Crippen molar-refractivity contribution in [3.63, 3.8) is 0 Å². The molecule has 1 saturated carbocycles. The zero-order valence-electron chi connectivity index (χ0n) is 11.3. The highest BCUT2D eigenvalue weighted by Crippen LogP contribution is 2.36. The van der Waals surface area contributed by atoms with Crippen LogP contribution in [0.15, 0.2) is 12.4 Å². The van der Waals surface area contributed by atoms with Crippen molar-refractivity contribution < 1.29 is 0 Å². The molecule has 2 unspecified atom stereocenters. The minimum absolute atomic E-state index is 0.0152. The predicted octanol–water partition coefficient (Wildman–Crippen LogP) is 2.60. The number of hydrogen-bond donors (Lipinski definition) is 1. The largest absolute Gasteiger partial charge is 0.325 e. The molecule has 0 radical (unpaired) electrons. The SMILES string of the molecule is CCn1cc(CC2(N)CC(C)CC(C)C2)cn1. The van der Waals surface area contributed by atoms with Gasteiger partial charge in [0.2, 0.25) is 0 Å². The molecule has 1 fully saturated rings. The fourth-order valence-electron chi connectivity index (χ4n) is 3.55. The molecule has 1 aliphatic rings. The van der Waals surface area contributed by atoms with Gasteiger partial charge in [0.05, 0.1) is 6.20 Å². The van der Waals surface area contributed by atoms with Gasteiger partial charge in [-0.3, -0.25) is 4.68 Å². The summed E-state index contributed by atoms with van der Waals surface area (Å²) < 4.78 is 1.98. The second-order valence-corrected chi connectivity index (χ2v) is 6.10. The molecule has 1 aromatic heterocycles. The number of nitrogens with zero attached hydrogens (tertiary/aromatic N) is 2. The van der Waals surface area contributed by atoms with Gasteiger partial charge >= 0.3 is 0 Å². The first-order valence-corrected chi connectivity index (χ1v) is 6.81. The van der Waals surface area contributed by atoms with Gasteiger partial charge in [-0.2, -0.15) is 5.10 Å². The molecule has 0 spiro atoms. The Morgan fingerprint density at radius 2 is 2.06 bits per heavy atom. The van der Waals surface area contributed by atoms with E-state index in [2.05, 4.69) is 32.1 Å². The Hall–Kier alpha value is -0.830. The number of nitrogens with two attached hydrogens (primary N) is 1. The van der Waals surface area contributed by atoms with Crippen molar-refractivity contribution in [2.24, 2.45) is 17.6 Å². The second kappa shape index (κ2) is 4.81. The van der Waals surface area contributed by atoms with E-state index in [0.29, 0.717) is 0 Å². The summed E-state index contributed by atoms with van der Waals surface area (Å²) in [6.07, 6.45) is 8.71. The van der Waals surface area contributed by atoms with E-state index in [1.54, 1.807) is 0 Å². The molecule has 0 amide bonds. The van der Waals surface area contributed by atoms with E-state index in [-0.39, 0.29) is 5.54 Å². The Morgan fingerprint density at radius 3 is 2.59 bits per heavy atom. The molecule has 1 aromatic rings. The van der Waals surface area contributed by atoms with Crippen LogP contribution in [0, 0.1) is 11.8 Å². The Bertz CT molecular complexity index is 359. The highest BCUT2D eigenvalue weighted by atomic mass is 15.3. The van der Waals surface area contributed by atoms with Crippen LogP contribution in [0.4, 0.5) is 0 Å². The first-order valence-electron chi connectivity index (χ1n) is 6.81. The zero-order valence-corrected chi connectivity index (χ0v) is 11.3. The lowest BCUT2D eigenvalue weighted by Gasteiger charge is -2.40. The number of aromatic nitrogens is 2. The molecule has 2 N–H and O–H groups in total. The van der Waals surface area contributed by atoms with Crippen molar-refractivity contribution in [3.8, 4) is 0 Å². The van der Waals surface area contributed by atoms with Gasteiger partial charge in [-0.05, 0) is 50.0 Å². The fraction of sp³-hybridized carbons (Fsp3) is 0.786. The van der Waals surface area contributed by atoms with Crippen molar-refractivity contribution in [1.82, 2.24) is 9.78 Å². The highest BCUT2D eigenvalue weighted by molar-refractivity contribution is 5.11. The van der Waals surface area contributed by atoms with Crippen LogP contribution in [-0.4, -0.2) is 15.3 Å². The summed E-state index contributed by atoms with van der Waals surface area (Å²) in [6.45, 7) is 7.70. The molecule has 0 aromatic carbocycles. The van der Waals surface area contributed by atoms with Gasteiger partial charge in [-0.25, -0.2) is 0 Å². The Morgan fingerprint density at radius 1 is 1.41 bits per heavy atom. The van der Waals surface area contributed by atoms with Gasteiger partial charge in [0.25, 0.3) is 0 Å². The molecule has 2 rings (SSSR count). The third-order valence-corrected chi connectivity index (χ3v) is 3.88. The van der Waals surface area contributed by atoms with E-state index < -0.39 is 0 Å². The number of aryl methyl sites for hydroxylation is 1. The lowest BCUT2D eigenvalue weighted by atomic mass is 9.70. The molecule has 2 atom stereocenters. The van der Waals surface area contributed by atoms with Crippen LogP contribution < -0.4 is 5.73 Å². The molecule has 3 heteroatoms. The van der Waals surface area contributed by atoms with Gasteiger partial charge < -0.3 is 5.73 Å². The molecule has 0 saturated heterocycles. The van der Waals surface area contributed by atoms with Crippen LogP contribution >= 0.6 is 0 Å². The van der Waals surface area contributed by atoms with Crippen LogP contribution in [0.3, 0.4) is 0 Å². The molecule has 17 heavy (non-hydrogen) atoms. The Balaban J connectivity index is 2.05. The summed E-state index contributed by atoms with van der Waals surface area (Å²) in [6, 6.07) is 0. The third kappa shape index (κ3) is 3.09. The minimum atomic E-state index is -0.0152. The van der Waals surface area contributed by atoms with Crippen molar-refractivity contribution >= 4 is 0 Å². The zero-order chi connectivity index (χ0) is 12.5. The van der Waals surface area contributed by atoms with E-state index in [1.165, 1.54) is 12.0 Å². The lowest BCUT2D eigenvalue weighted by molar-refractivity contribution is 0.182. The van der Waals surface area contributed by atoms with Gasteiger partial charge in [-0.15, -0.1) is 0 Å². The van der Waals surface area contributed by atoms with Crippen LogP contribution in [0.25, 0.3) is 0 Å². The molecule has 0 aliphatic heterocycles. The van der Waals surface area contributed by atoms with Crippen LogP contribution in [0.1, 0.15) is 45.6 Å². The average molecular weight is 235 g/mol. The monoisotopic (exact) mass is 235 g/mol. The standard InChI is InChI=1S/C14H25N3/c1-4-17-10-13(9-16-17)8-14(15)6-11(2)5-12(3)7-14/h9-12H,4-8,15H2,1-3H3. The molecular formula is C14H25N3. The van der Waals surface area contributed by atoms with Crippen LogP contribution in [-0.2, 0) is 13.0 Å². The first kappa shape index (κ1) is 12.6. The topological polar surface area (TPSA) is 43.8 Å². The van der Waals surface area contributed by atoms with Gasteiger partial charge in [0.15, 0.2) is 0 Å². The van der Waals surface area contributed by atoms with E-state index in [4.69, 9.17) is 5.73 Å². The van der Waals surface area contributed by atoms with E-state index in [1.807, 2.05) is 10.9 Å². The van der Waals surface area contributed by atoms with E-state index >= 15 is 0 Å². The first-order chi connectivity index (χ1) is 8.00. The molecule has 1 heterocycles. The van der Waals surface area contributed by atoms with Crippen LogP contribution in [0.5, 0.6) is 0 Å². The van der Waals surface area contributed by atoms with Crippen LogP contribution in [0.2, 0.25) is 0 Å². The van der Waals surface area contributed by atoms with Crippen molar-refractivity contribution in [2.75, 3.05) is 0 Å². The highest BCUT2D eigenvalue weighted by Gasteiger charge is 2.34. The maximum atomic E-state index is 6.59. The van der Waals surface area contributed by atoms with Gasteiger partial charge in [0, 0.05) is 18.3 Å². The molecule has 96 valence electrons. The van der Waals surface area contributed by atoms with Gasteiger partial charge in [0.1, 0.15) is 0 Å². The van der Waals surface area contributed by atoms with E-state index in [9.17, 15) is 0 Å². The molecule has 0 bridgehead atoms. The van der Waals surface area contributed by atoms with E-state index in [0.717, 1.165) is 37.6 Å². The fourth-order valence-corrected chi connectivity index (χ4v) is 3.55. The summed E-state index contributed by atoms with van der Waals surface area (Å²) in [4.78, 5) is 0. The summed E-state index contributed by atoms with van der Waals surface area (Å²) in [5.41, 5.74) is 7.86. The lowest BCUT2D eigenvalue weighted by Crippen LogP contribution is -2.48.